The van der Waals surface area contributed by atoms with Crippen molar-refractivity contribution < 1.29 is 5.11 Å². The van der Waals surface area contributed by atoms with Crippen LogP contribution in [0.25, 0.3) is 0 Å². The minimum atomic E-state index is 0.355. The van der Waals surface area contributed by atoms with Gasteiger partial charge < -0.3 is 5.11 Å². The van der Waals surface area contributed by atoms with Gasteiger partial charge in [0.05, 0.1) is 0 Å². The zero-order valence-electron chi connectivity index (χ0n) is 6.56. The van der Waals surface area contributed by atoms with Crippen LogP contribution in [0.2, 0.25) is 0 Å². The lowest BCUT2D eigenvalue weighted by Gasteiger charge is -1.85. The highest BCUT2D eigenvalue weighted by atomic mass is 16.2. The van der Waals surface area contributed by atoms with Crippen LogP contribution in [0.15, 0.2) is 12.7 Å². The molecule has 0 spiro atoms. The Morgan fingerprint density at radius 2 is 1.89 bits per heavy atom. The number of hydrogen-bond donors (Lipinski definition) is 1. The molecule has 0 saturated heterocycles. The fourth-order valence-electron chi connectivity index (χ4n) is 0.362. The molecule has 0 aromatic carbocycles. The zero-order valence-corrected chi connectivity index (χ0v) is 6.56. The fourth-order valence-corrected chi connectivity index (χ4v) is 0.362. The fraction of sp³-hybridized carbons (Fsp3) is 0.750. The Morgan fingerprint density at radius 1 is 1.44 bits per heavy atom. The van der Waals surface area contributed by atoms with Gasteiger partial charge in [-0.1, -0.05) is 25.8 Å². The van der Waals surface area contributed by atoms with Gasteiger partial charge in [0.15, 0.2) is 0 Å². The maximum Gasteiger partial charge on any atom is 0.0431 e. The summed E-state index contributed by atoms with van der Waals surface area (Å²) in [7, 11) is 0. The average Bonchev–Trinajstić information content (AvgIpc) is 1.86. The summed E-state index contributed by atoms with van der Waals surface area (Å²) >= 11 is 0. The third-order valence-corrected chi connectivity index (χ3v) is 0.762. The lowest BCUT2D eigenvalue weighted by Crippen LogP contribution is -1.78. The van der Waals surface area contributed by atoms with Gasteiger partial charge >= 0.3 is 0 Å². The second-order valence-corrected chi connectivity index (χ2v) is 1.84. The normalized spacial score (nSPS) is 7.44. The predicted molar refractivity (Wildman–Crippen MR) is 42.5 cm³/mol. The van der Waals surface area contributed by atoms with Gasteiger partial charge in [-0.3, -0.25) is 0 Å². The Bertz CT molecular complexity index is 37.8. The van der Waals surface area contributed by atoms with Crippen LogP contribution in [0, 0.1) is 0 Å². The van der Waals surface area contributed by atoms with Crippen molar-refractivity contribution in [3.8, 4) is 0 Å². The molecule has 0 unspecified atom stereocenters. The van der Waals surface area contributed by atoms with E-state index in [9.17, 15) is 0 Å². The summed E-state index contributed by atoms with van der Waals surface area (Å²) < 4.78 is 0. The maximum atomic E-state index is 8.20. The molecule has 9 heavy (non-hydrogen) atoms. The first-order valence-corrected chi connectivity index (χ1v) is 3.51. The van der Waals surface area contributed by atoms with Gasteiger partial charge in [-0.15, -0.1) is 6.58 Å². The molecule has 0 amide bonds. The van der Waals surface area contributed by atoms with Crippen molar-refractivity contribution in [1.29, 1.82) is 0 Å². The number of aliphatic hydroxyl groups excluding tert-OH is 1. The van der Waals surface area contributed by atoms with Crippen molar-refractivity contribution in [3.05, 3.63) is 12.7 Å². The standard InChI is InChI=1S/C5H12O.C3H6/c1-2-3-4-5-6;1-3-2/h6H,2-5H2,1H3;3H,1H2,2H3. The molecule has 0 aliphatic heterocycles. The summed E-state index contributed by atoms with van der Waals surface area (Å²) in [6.07, 6.45) is 5.08. The van der Waals surface area contributed by atoms with Crippen LogP contribution in [0.1, 0.15) is 33.1 Å². The minimum Gasteiger partial charge on any atom is -0.396 e. The molecule has 0 aliphatic rings. The Balaban J connectivity index is 0. The maximum absolute atomic E-state index is 8.20. The Kier molecular flexibility index (Phi) is 20.0. The lowest BCUT2D eigenvalue weighted by atomic mass is 10.3. The van der Waals surface area contributed by atoms with Crippen LogP contribution in [-0.4, -0.2) is 11.7 Å². The highest BCUT2D eigenvalue weighted by Crippen LogP contribution is 1.89. The van der Waals surface area contributed by atoms with Gasteiger partial charge in [0.2, 0.25) is 0 Å². The topological polar surface area (TPSA) is 20.2 Å². The van der Waals surface area contributed by atoms with E-state index in [0.717, 1.165) is 12.8 Å². The van der Waals surface area contributed by atoms with Crippen molar-refractivity contribution in [3.63, 3.8) is 0 Å². The molecule has 0 atom stereocenters. The van der Waals surface area contributed by atoms with E-state index in [1.807, 2.05) is 6.92 Å². The molecule has 0 bridgehead atoms. The number of hydrogen-bond acceptors (Lipinski definition) is 1. The summed E-state index contributed by atoms with van der Waals surface area (Å²) in [5.74, 6) is 0. The number of rotatable bonds is 3. The largest absolute Gasteiger partial charge is 0.396 e. The van der Waals surface area contributed by atoms with E-state index in [4.69, 9.17) is 5.11 Å². The van der Waals surface area contributed by atoms with Crippen molar-refractivity contribution in [2.24, 2.45) is 0 Å². The predicted octanol–water partition coefficient (Wildman–Crippen LogP) is 2.36. The van der Waals surface area contributed by atoms with Crippen LogP contribution in [0.3, 0.4) is 0 Å². The molecule has 0 aromatic rings. The first-order valence-electron chi connectivity index (χ1n) is 3.51. The molecule has 0 aliphatic carbocycles. The highest BCUT2D eigenvalue weighted by molar-refractivity contribution is 4.51. The molecular weight excluding hydrogens is 112 g/mol. The van der Waals surface area contributed by atoms with E-state index in [0.29, 0.717) is 6.61 Å². The van der Waals surface area contributed by atoms with E-state index in [1.165, 1.54) is 6.42 Å². The minimum absolute atomic E-state index is 0.355. The zero-order chi connectivity index (χ0) is 7.54. The molecule has 1 N–H and O–H groups in total. The SMILES string of the molecule is C=CC.CCCCCO. The smallest absolute Gasteiger partial charge is 0.0431 e. The number of allylic oxidation sites excluding steroid dienone is 1. The quantitative estimate of drug-likeness (QED) is 0.459. The van der Waals surface area contributed by atoms with E-state index < -0.39 is 0 Å². The molecular formula is C8H18O. The first-order chi connectivity index (χ1) is 4.33. The van der Waals surface area contributed by atoms with E-state index in [-0.39, 0.29) is 0 Å². The molecule has 0 rings (SSSR count). The summed E-state index contributed by atoms with van der Waals surface area (Å²) in [5.41, 5.74) is 0. The van der Waals surface area contributed by atoms with E-state index >= 15 is 0 Å². The van der Waals surface area contributed by atoms with Gasteiger partial charge in [0.1, 0.15) is 0 Å². The summed E-state index contributed by atoms with van der Waals surface area (Å²) in [4.78, 5) is 0. The van der Waals surface area contributed by atoms with Gasteiger partial charge in [0, 0.05) is 6.61 Å². The van der Waals surface area contributed by atoms with Crippen LogP contribution < -0.4 is 0 Å². The van der Waals surface area contributed by atoms with Gasteiger partial charge in [-0.05, 0) is 13.3 Å². The molecule has 0 heterocycles. The Hall–Kier alpha value is -0.300. The second-order valence-electron chi connectivity index (χ2n) is 1.84. The third-order valence-electron chi connectivity index (χ3n) is 0.762. The Labute approximate surface area is 58.4 Å². The van der Waals surface area contributed by atoms with Gasteiger partial charge in [-0.25, -0.2) is 0 Å². The molecule has 0 radical (unpaired) electrons. The van der Waals surface area contributed by atoms with Crippen LogP contribution in [-0.2, 0) is 0 Å². The lowest BCUT2D eigenvalue weighted by molar-refractivity contribution is 0.284. The number of aliphatic hydroxyl groups is 1. The van der Waals surface area contributed by atoms with Gasteiger partial charge in [0.25, 0.3) is 0 Å². The van der Waals surface area contributed by atoms with Crippen LogP contribution >= 0.6 is 0 Å². The molecule has 0 saturated carbocycles. The molecule has 56 valence electrons. The molecule has 1 heteroatoms. The van der Waals surface area contributed by atoms with Crippen molar-refractivity contribution >= 4 is 0 Å². The van der Waals surface area contributed by atoms with E-state index in [2.05, 4.69) is 13.5 Å². The summed E-state index contributed by atoms with van der Waals surface area (Å²) in [6.45, 7) is 7.73. The molecule has 0 fully saturated rings. The molecule has 0 aromatic heterocycles. The average molecular weight is 130 g/mol. The monoisotopic (exact) mass is 130 g/mol. The van der Waals surface area contributed by atoms with Gasteiger partial charge in [-0.2, -0.15) is 0 Å². The second kappa shape index (κ2) is 15.6. The van der Waals surface area contributed by atoms with Crippen molar-refractivity contribution in [1.82, 2.24) is 0 Å². The van der Waals surface area contributed by atoms with Crippen LogP contribution in [0.5, 0.6) is 0 Å². The van der Waals surface area contributed by atoms with E-state index in [1.54, 1.807) is 6.08 Å². The first kappa shape index (κ1) is 11.5. The van der Waals surface area contributed by atoms with Crippen molar-refractivity contribution in [2.75, 3.05) is 6.61 Å². The summed E-state index contributed by atoms with van der Waals surface area (Å²) in [5, 5.41) is 8.20. The van der Waals surface area contributed by atoms with Crippen molar-refractivity contribution in [2.45, 2.75) is 33.1 Å². The van der Waals surface area contributed by atoms with Crippen LogP contribution in [0.4, 0.5) is 0 Å². The molecule has 1 nitrogen and oxygen atoms in total. The Morgan fingerprint density at radius 3 is 2.00 bits per heavy atom. The highest BCUT2D eigenvalue weighted by Gasteiger charge is 1.76. The third kappa shape index (κ3) is 34.3. The summed E-state index contributed by atoms with van der Waals surface area (Å²) in [6, 6.07) is 0. The number of unbranched alkanes of at least 4 members (excludes halogenated alkanes) is 2.